The highest BCUT2D eigenvalue weighted by Gasteiger charge is 2.11. The summed E-state index contributed by atoms with van der Waals surface area (Å²) in [4.78, 5) is 11.0. The van der Waals surface area contributed by atoms with E-state index < -0.39 is 15.8 Å². The van der Waals surface area contributed by atoms with Crippen LogP contribution >= 0.6 is 0 Å². The van der Waals surface area contributed by atoms with Gasteiger partial charge in [0.1, 0.15) is 12.0 Å². The molecule has 112 valence electrons. The van der Waals surface area contributed by atoms with Gasteiger partial charge in [0.2, 0.25) is 0 Å². The van der Waals surface area contributed by atoms with E-state index in [2.05, 4.69) is 5.32 Å². The number of benzene rings is 1. The van der Waals surface area contributed by atoms with Crippen molar-refractivity contribution in [1.82, 2.24) is 0 Å². The van der Waals surface area contributed by atoms with Crippen LogP contribution in [0.4, 0.5) is 5.69 Å². The summed E-state index contributed by atoms with van der Waals surface area (Å²) in [6.45, 7) is 1.91. The number of carboxylic acids is 1. The van der Waals surface area contributed by atoms with Crippen molar-refractivity contribution in [2.75, 3.05) is 11.1 Å². The topological polar surface area (TPSA) is 96.6 Å². The van der Waals surface area contributed by atoms with Crippen molar-refractivity contribution in [3.8, 4) is 0 Å². The third kappa shape index (κ3) is 3.63. The molecule has 0 radical (unpaired) electrons. The average Bonchev–Trinajstić information content (AvgIpc) is 2.95. The van der Waals surface area contributed by atoms with E-state index in [-0.39, 0.29) is 16.2 Å². The number of hydrogen-bond donors (Lipinski definition) is 2. The number of carboxylic acid groups (broad SMARTS) is 1. The van der Waals surface area contributed by atoms with E-state index in [0.29, 0.717) is 12.3 Å². The molecule has 6 nitrogen and oxygen atoms in total. The molecule has 0 unspecified atom stereocenters. The van der Waals surface area contributed by atoms with Gasteiger partial charge >= 0.3 is 5.97 Å². The molecule has 0 saturated carbocycles. The Morgan fingerprint density at radius 3 is 2.48 bits per heavy atom. The molecule has 2 rings (SSSR count). The molecule has 2 N–H and O–H groups in total. The van der Waals surface area contributed by atoms with Crippen LogP contribution in [0.15, 0.2) is 45.9 Å². The van der Waals surface area contributed by atoms with Gasteiger partial charge < -0.3 is 14.8 Å². The molecule has 1 aromatic carbocycles. The van der Waals surface area contributed by atoms with Gasteiger partial charge in [0.25, 0.3) is 0 Å². The first-order chi connectivity index (χ1) is 9.92. The molecule has 0 aliphatic heterocycles. The Morgan fingerprint density at radius 1 is 1.29 bits per heavy atom. The van der Waals surface area contributed by atoms with Gasteiger partial charge in [0, 0.05) is 5.69 Å². The predicted octanol–water partition coefficient (Wildman–Crippen LogP) is 2.38. The number of aromatic carboxylic acids is 1. The summed E-state index contributed by atoms with van der Waals surface area (Å²) in [5, 5.41) is 11.8. The first-order valence-electron chi connectivity index (χ1n) is 6.30. The smallest absolute Gasteiger partial charge is 0.338 e. The number of rotatable bonds is 6. The highest BCUT2D eigenvalue weighted by Crippen LogP contribution is 2.16. The molecule has 0 fully saturated rings. The normalized spacial score (nSPS) is 11.3. The molecule has 2 aromatic rings. The van der Waals surface area contributed by atoms with Crippen LogP contribution in [0.5, 0.6) is 0 Å². The van der Waals surface area contributed by atoms with Crippen molar-refractivity contribution in [3.05, 3.63) is 47.9 Å². The van der Waals surface area contributed by atoms with E-state index in [4.69, 9.17) is 9.52 Å². The highest BCUT2D eigenvalue weighted by molar-refractivity contribution is 7.91. The second-order valence-corrected chi connectivity index (χ2v) is 6.67. The maximum absolute atomic E-state index is 11.7. The number of hydrogen-bond acceptors (Lipinski definition) is 5. The molecule has 0 atom stereocenters. The monoisotopic (exact) mass is 309 g/mol. The van der Waals surface area contributed by atoms with E-state index in [1.165, 1.54) is 24.5 Å². The Hall–Kier alpha value is -2.28. The van der Waals surface area contributed by atoms with Gasteiger partial charge in [-0.15, -0.1) is 0 Å². The fourth-order valence-corrected chi connectivity index (χ4v) is 2.61. The van der Waals surface area contributed by atoms with Crippen molar-refractivity contribution in [2.45, 2.75) is 18.4 Å². The van der Waals surface area contributed by atoms with E-state index in [0.717, 1.165) is 5.69 Å². The van der Waals surface area contributed by atoms with E-state index in [1.54, 1.807) is 19.1 Å². The Balaban J connectivity index is 2.02. The fourth-order valence-electron chi connectivity index (χ4n) is 1.72. The van der Waals surface area contributed by atoms with E-state index in [9.17, 15) is 13.2 Å². The summed E-state index contributed by atoms with van der Waals surface area (Å²) in [6.07, 6.45) is 1.18. The second-order valence-electron chi connectivity index (χ2n) is 4.39. The molecule has 0 spiro atoms. The molecular formula is C14H15NO5S. The van der Waals surface area contributed by atoms with Gasteiger partial charge in [0.05, 0.1) is 22.8 Å². The summed E-state index contributed by atoms with van der Waals surface area (Å²) in [5.74, 6) is -0.499. The van der Waals surface area contributed by atoms with Crippen LogP contribution in [0.2, 0.25) is 0 Å². The van der Waals surface area contributed by atoms with Crippen LogP contribution in [-0.4, -0.2) is 25.2 Å². The third-order valence-electron chi connectivity index (χ3n) is 2.96. The van der Waals surface area contributed by atoms with Crippen molar-refractivity contribution in [1.29, 1.82) is 0 Å². The van der Waals surface area contributed by atoms with Crippen molar-refractivity contribution in [3.63, 3.8) is 0 Å². The summed E-state index contributed by atoms with van der Waals surface area (Å²) in [7, 11) is -3.20. The van der Waals surface area contributed by atoms with Crippen molar-refractivity contribution in [2.24, 2.45) is 0 Å². The zero-order chi connectivity index (χ0) is 15.5. The maximum Gasteiger partial charge on any atom is 0.338 e. The Kier molecular flexibility index (Phi) is 4.32. The summed E-state index contributed by atoms with van der Waals surface area (Å²) in [5.41, 5.74) is 0.814. The lowest BCUT2D eigenvalue weighted by molar-refractivity contribution is 0.0696. The van der Waals surface area contributed by atoms with Crippen LogP contribution < -0.4 is 5.32 Å². The molecule has 1 heterocycles. The van der Waals surface area contributed by atoms with Crippen LogP contribution in [0.25, 0.3) is 0 Å². The Morgan fingerprint density at radius 2 is 1.95 bits per heavy atom. The van der Waals surface area contributed by atoms with Gasteiger partial charge in [-0.25, -0.2) is 13.2 Å². The van der Waals surface area contributed by atoms with Gasteiger partial charge in [-0.1, -0.05) is 6.92 Å². The summed E-state index contributed by atoms with van der Waals surface area (Å²) >= 11 is 0. The number of sulfone groups is 1. The van der Waals surface area contributed by atoms with E-state index >= 15 is 0 Å². The SMILES string of the molecule is CCS(=O)(=O)c1ccc(NCc2cc(C(=O)O)co2)cc1. The quantitative estimate of drug-likeness (QED) is 0.850. The first kappa shape index (κ1) is 15.1. The minimum Gasteiger partial charge on any atom is -0.478 e. The van der Waals surface area contributed by atoms with Crippen LogP contribution in [0.1, 0.15) is 23.0 Å². The molecule has 1 aromatic heterocycles. The average molecular weight is 309 g/mol. The Labute approximate surface area is 122 Å². The minimum absolute atomic E-state index is 0.0597. The van der Waals surface area contributed by atoms with E-state index in [1.807, 2.05) is 0 Å². The summed E-state index contributed by atoms with van der Waals surface area (Å²) in [6, 6.07) is 7.82. The number of nitrogens with one attached hydrogen (secondary N) is 1. The molecule has 0 aliphatic rings. The van der Waals surface area contributed by atoms with Crippen LogP contribution in [-0.2, 0) is 16.4 Å². The molecule has 0 saturated heterocycles. The lowest BCUT2D eigenvalue weighted by Crippen LogP contribution is -2.04. The molecule has 0 bridgehead atoms. The summed E-state index contributed by atoms with van der Waals surface area (Å²) < 4.78 is 28.4. The second kappa shape index (κ2) is 6.01. The van der Waals surface area contributed by atoms with Crippen molar-refractivity contribution >= 4 is 21.5 Å². The molecular weight excluding hydrogens is 294 g/mol. The van der Waals surface area contributed by atoms with Crippen LogP contribution in [0, 0.1) is 0 Å². The predicted molar refractivity (Wildman–Crippen MR) is 77.2 cm³/mol. The molecule has 21 heavy (non-hydrogen) atoms. The zero-order valence-electron chi connectivity index (χ0n) is 11.4. The molecule has 7 heteroatoms. The minimum atomic E-state index is -3.20. The molecule has 0 amide bonds. The maximum atomic E-state index is 11.7. The van der Waals surface area contributed by atoms with Gasteiger partial charge in [0.15, 0.2) is 9.84 Å². The van der Waals surface area contributed by atoms with Gasteiger partial charge in [-0.05, 0) is 30.3 Å². The highest BCUT2D eigenvalue weighted by atomic mass is 32.2. The lowest BCUT2D eigenvalue weighted by atomic mass is 10.3. The van der Waals surface area contributed by atoms with Gasteiger partial charge in [-0.2, -0.15) is 0 Å². The lowest BCUT2D eigenvalue weighted by Gasteiger charge is -2.06. The number of anilines is 1. The zero-order valence-corrected chi connectivity index (χ0v) is 12.2. The largest absolute Gasteiger partial charge is 0.478 e. The fraction of sp³-hybridized carbons (Fsp3) is 0.214. The Bertz CT molecular complexity index is 731. The molecule has 0 aliphatic carbocycles. The standard InChI is InChI=1S/C14H15NO5S/c1-2-21(18,19)13-5-3-11(4-6-13)15-8-12-7-10(9-20-12)14(16)17/h3-7,9,15H,2,8H2,1H3,(H,16,17). The number of furan rings is 1. The third-order valence-corrected chi connectivity index (χ3v) is 4.71. The van der Waals surface area contributed by atoms with Gasteiger partial charge in [-0.3, -0.25) is 0 Å². The van der Waals surface area contributed by atoms with Crippen molar-refractivity contribution < 1.29 is 22.7 Å². The number of carbonyl (C=O) groups is 1. The first-order valence-corrected chi connectivity index (χ1v) is 7.95. The van der Waals surface area contributed by atoms with Crippen LogP contribution in [0.3, 0.4) is 0 Å².